The van der Waals surface area contributed by atoms with E-state index in [9.17, 15) is 13.2 Å². The molecular formula is C11H21N5O3S. The molecule has 0 aliphatic rings. The maximum absolute atomic E-state index is 12.4. The molecule has 0 aromatic carbocycles. The third-order valence-electron chi connectivity index (χ3n) is 2.99. The average Bonchev–Trinajstić information content (AvgIpc) is 2.79. The summed E-state index contributed by atoms with van der Waals surface area (Å²) in [6.07, 6.45) is 1.39. The molecule has 0 aliphatic carbocycles. The van der Waals surface area contributed by atoms with Crippen LogP contribution in [0.2, 0.25) is 0 Å². The Bertz CT molecular complexity index is 581. The minimum Gasteiger partial charge on any atom is -0.381 e. The summed E-state index contributed by atoms with van der Waals surface area (Å²) in [4.78, 5) is 11.4. The van der Waals surface area contributed by atoms with Gasteiger partial charge in [-0.15, -0.1) is 0 Å². The fourth-order valence-electron chi connectivity index (χ4n) is 1.76. The smallest absolute Gasteiger partial charge is 0.248 e. The van der Waals surface area contributed by atoms with E-state index in [1.807, 2.05) is 6.92 Å². The number of nitrogen functional groups attached to an aromatic ring is 1. The molecule has 0 saturated carbocycles. The van der Waals surface area contributed by atoms with Gasteiger partial charge >= 0.3 is 0 Å². The van der Waals surface area contributed by atoms with Gasteiger partial charge in [0.25, 0.3) is 0 Å². The lowest BCUT2D eigenvalue weighted by molar-refractivity contribution is -0.124. The molecule has 1 heterocycles. The molecule has 3 N–H and O–H groups in total. The highest BCUT2D eigenvalue weighted by Gasteiger charge is 2.28. The van der Waals surface area contributed by atoms with Crippen LogP contribution in [0.15, 0.2) is 11.1 Å². The number of hydrogen-bond donors (Lipinski definition) is 2. The molecule has 1 rings (SSSR count). The zero-order valence-electron chi connectivity index (χ0n) is 12.1. The normalized spacial score (nSPS) is 13.4. The lowest BCUT2D eigenvalue weighted by atomic mass is 10.2. The van der Waals surface area contributed by atoms with Crippen LogP contribution in [-0.4, -0.2) is 49.1 Å². The first kappa shape index (κ1) is 16.4. The fraction of sp³-hybridized carbons (Fsp3) is 0.636. The maximum atomic E-state index is 12.4. The van der Waals surface area contributed by atoms with Crippen molar-refractivity contribution < 1.29 is 13.2 Å². The number of carbonyl (C=O) groups excluding carboxylic acids is 1. The van der Waals surface area contributed by atoms with Crippen LogP contribution in [0, 0.1) is 5.92 Å². The Hall–Kier alpha value is -1.61. The Balaban J connectivity index is 2.98. The molecule has 0 bridgehead atoms. The van der Waals surface area contributed by atoms with E-state index >= 15 is 0 Å². The standard InChI is InChI=1S/C11H21N5O3S/c1-5-16-7-9(10(12)14-16)20(18,19)15(4)6-8(2)11(17)13-3/h7-8H,5-6H2,1-4H3,(H2,12,14)(H,13,17). The summed E-state index contributed by atoms with van der Waals surface area (Å²) >= 11 is 0. The molecule has 1 unspecified atom stereocenters. The van der Waals surface area contributed by atoms with Crippen LogP contribution in [0.1, 0.15) is 13.8 Å². The minimum absolute atomic E-state index is 0.0358. The molecule has 0 fully saturated rings. The molecule has 1 aromatic heterocycles. The van der Waals surface area contributed by atoms with Gasteiger partial charge in [0, 0.05) is 39.3 Å². The highest BCUT2D eigenvalue weighted by atomic mass is 32.2. The van der Waals surface area contributed by atoms with E-state index in [2.05, 4.69) is 10.4 Å². The van der Waals surface area contributed by atoms with Gasteiger partial charge in [0.2, 0.25) is 15.9 Å². The van der Waals surface area contributed by atoms with Gasteiger partial charge in [-0.05, 0) is 6.92 Å². The van der Waals surface area contributed by atoms with Gasteiger partial charge in [-0.2, -0.15) is 9.40 Å². The summed E-state index contributed by atoms with van der Waals surface area (Å²) in [6.45, 7) is 4.08. The summed E-state index contributed by atoms with van der Waals surface area (Å²) in [5.74, 6) is -0.710. The molecule has 0 aliphatic heterocycles. The number of hydrogen-bond acceptors (Lipinski definition) is 5. The highest BCUT2D eigenvalue weighted by Crippen LogP contribution is 2.20. The summed E-state index contributed by atoms with van der Waals surface area (Å²) in [5.41, 5.74) is 5.64. The zero-order chi connectivity index (χ0) is 15.5. The Morgan fingerprint density at radius 1 is 1.60 bits per heavy atom. The molecule has 9 heteroatoms. The van der Waals surface area contributed by atoms with E-state index in [0.717, 1.165) is 4.31 Å². The number of amides is 1. The second kappa shape index (κ2) is 6.23. The number of rotatable bonds is 6. The SMILES string of the molecule is CCn1cc(S(=O)(=O)N(C)CC(C)C(=O)NC)c(N)n1. The Morgan fingerprint density at radius 3 is 2.65 bits per heavy atom. The van der Waals surface area contributed by atoms with Crippen molar-refractivity contribution in [3.8, 4) is 0 Å². The van der Waals surface area contributed by atoms with Crippen molar-refractivity contribution in [1.82, 2.24) is 19.4 Å². The number of aryl methyl sites for hydroxylation is 1. The molecule has 20 heavy (non-hydrogen) atoms. The topological polar surface area (TPSA) is 110 Å². The van der Waals surface area contributed by atoms with E-state index in [1.54, 1.807) is 6.92 Å². The molecule has 1 amide bonds. The summed E-state index contributed by atoms with van der Waals surface area (Å²) < 4.78 is 27.3. The minimum atomic E-state index is -3.75. The van der Waals surface area contributed by atoms with Gasteiger partial charge < -0.3 is 11.1 Å². The lowest BCUT2D eigenvalue weighted by Gasteiger charge is -2.19. The summed E-state index contributed by atoms with van der Waals surface area (Å²) in [5, 5.41) is 6.40. The second-order valence-corrected chi connectivity index (χ2v) is 6.55. The van der Waals surface area contributed by atoms with Gasteiger partial charge in [0.15, 0.2) is 5.82 Å². The molecule has 0 saturated heterocycles. The van der Waals surface area contributed by atoms with Crippen molar-refractivity contribution in [1.29, 1.82) is 0 Å². The number of anilines is 1. The van der Waals surface area contributed by atoms with Crippen LogP contribution in [0.4, 0.5) is 5.82 Å². The molecular weight excluding hydrogens is 282 g/mol. The first-order valence-electron chi connectivity index (χ1n) is 6.24. The van der Waals surface area contributed by atoms with Crippen molar-refractivity contribution in [3.05, 3.63) is 6.20 Å². The fourth-order valence-corrected chi connectivity index (χ4v) is 3.08. The Morgan fingerprint density at radius 2 is 2.20 bits per heavy atom. The molecule has 0 radical (unpaired) electrons. The maximum Gasteiger partial charge on any atom is 0.248 e. The molecule has 8 nitrogen and oxygen atoms in total. The van der Waals surface area contributed by atoms with Crippen molar-refractivity contribution >= 4 is 21.7 Å². The van der Waals surface area contributed by atoms with Gasteiger partial charge in [-0.25, -0.2) is 8.42 Å². The van der Waals surface area contributed by atoms with Crippen molar-refractivity contribution in [3.63, 3.8) is 0 Å². The van der Waals surface area contributed by atoms with Crippen LogP contribution in [-0.2, 0) is 21.4 Å². The van der Waals surface area contributed by atoms with Crippen LogP contribution in [0.5, 0.6) is 0 Å². The van der Waals surface area contributed by atoms with E-state index in [-0.39, 0.29) is 23.2 Å². The molecule has 114 valence electrons. The van der Waals surface area contributed by atoms with Gasteiger partial charge in [0.1, 0.15) is 4.90 Å². The quantitative estimate of drug-likeness (QED) is 0.735. The van der Waals surface area contributed by atoms with Crippen molar-refractivity contribution in [2.45, 2.75) is 25.3 Å². The largest absolute Gasteiger partial charge is 0.381 e. The van der Waals surface area contributed by atoms with Crippen LogP contribution in [0.25, 0.3) is 0 Å². The van der Waals surface area contributed by atoms with Crippen LogP contribution < -0.4 is 11.1 Å². The van der Waals surface area contributed by atoms with Crippen LogP contribution in [0.3, 0.4) is 0 Å². The van der Waals surface area contributed by atoms with E-state index in [4.69, 9.17) is 5.73 Å². The van der Waals surface area contributed by atoms with E-state index < -0.39 is 15.9 Å². The summed E-state index contributed by atoms with van der Waals surface area (Å²) in [6, 6.07) is 0. The first-order chi connectivity index (χ1) is 9.23. The number of carbonyl (C=O) groups is 1. The van der Waals surface area contributed by atoms with Crippen molar-refractivity contribution in [2.75, 3.05) is 26.4 Å². The summed E-state index contributed by atoms with van der Waals surface area (Å²) in [7, 11) is -0.826. The van der Waals surface area contributed by atoms with Crippen molar-refractivity contribution in [2.24, 2.45) is 5.92 Å². The Kier molecular flexibility index (Phi) is 5.12. The number of nitrogens with two attached hydrogens (primary N) is 1. The van der Waals surface area contributed by atoms with Gasteiger partial charge in [-0.3, -0.25) is 9.48 Å². The number of nitrogens with one attached hydrogen (secondary N) is 1. The molecule has 1 atom stereocenters. The second-order valence-electron chi connectivity index (χ2n) is 4.54. The highest BCUT2D eigenvalue weighted by molar-refractivity contribution is 7.89. The van der Waals surface area contributed by atoms with E-state index in [0.29, 0.717) is 6.54 Å². The third-order valence-corrected chi connectivity index (χ3v) is 4.83. The third kappa shape index (κ3) is 3.28. The molecule has 1 aromatic rings. The lowest BCUT2D eigenvalue weighted by Crippen LogP contribution is -2.37. The predicted molar refractivity (Wildman–Crippen MR) is 75.4 cm³/mol. The van der Waals surface area contributed by atoms with Gasteiger partial charge in [-0.1, -0.05) is 6.92 Å². The Labute approximate surface area is 119 Å². The van der Waals surface area contributed by atoms with Gasteiger partial charge in [0.05, 0.1) is 0 Å². The zero-order valence-corrected chi connectivity index (χ0v) is 12.9. The van der Waals surface area contributed by atoms with E-state index in [1.165, 1.54) is 25.0 Å². The number of nitrogens with zero attached hydrogens (tertiary/aromatic N) is 3. The predicted octanol–water partition coefficient (Wildman–Crippen LogP) is -0.512. The van der Waals surface area contributed by atoms with Crippen LogP contribution >= 0.6 is 0 Å². The average molecular weight is 303 g/mol. The number of sulfonamides is 1. The number of aromatic nitrogens is 2. The molecule has 0 spiro atoms. The first-order valence-corrected chi connectivity index (χ1v) is 7.68. The monoisotopic (exact) mass is 303 g/mol.